The van der Waals surface area contributed by atoms with E-state index in [0.29, 0.717) is 11.3 Å². The zero-order valence-electron chi connectivity index (χ0n) is 9.88. The Labute approximate surface area is 103 Å². The number of amides is 1. The molecule has 0 aromatic carbocycles. The van der Waals surface area contributed by atoms with Crippen LogP contribution in [-0.4, -0.2) is 32.9 Å². The Hall–Kier alpha value is -2.37. The van der Waals surface area contributed by atoms with E-state index in [1.807, 2.05) is 22.7 Å². The maximum atomic E-state index is 11.8. The van der Waals surface area contributed by atoms with Crippen LogP contribution in [0.15, 0.2) is 24.4 Å². The van der Waals surface area contributed by atoms with Gasteiger partial charge in [0.25, 0.3) is 5.91 Å². The largest absolute Gasteiger partial charge is 0.481 e. The van der Waals surface area contributed by atoms with Crippen molar-refractivity contribution < 1.29 is 14.7 Å². The van der Waals surface area contributed by atoms with Crippen molar-refractivity contribution >= 4 is 17.5 Å². The summed E-state index contributed by atoms with van der Waals surface area (Å²) in [6.07, 6.45) is 1.73. The number of aryl methyl sites for hydroxylation is 1. The van der Waals surface area contributed by atoms with Crippen molar-refractivity contribution in [3.63, 3.8) is 0 Å². The Kier molecular flexibility index (Phi) is 3.27. The molecule has 0 aliphatic heterocycles. The third kappa shape index (κ3) is 2.32. The molecule has 0 bridgehead atoms. The quantitative estimate of drug-likeness (QED) is 0.838. The van der Waals surface area contributed by atoms with Crippen LogP contribution < -0.4 is 5.32 Å². The Morgan fingerprint density at radius 3 is 2.89 bits per heavy atom. The van der Waals surface area contributed by atoms with Gasteiger partial charge in [-0.05, 0) is 19.1 Å². The van der Waals surface area contributed by atoms with Crippen molar-refractivity contribution in [1.29, 1.82) is 0 Å². The second-order valence-corrected chi connectivity index (χ2v) is 3.87. The SMILES string of the molecule is Cc1c(C(=O)NCCC(=O)O)nc2ccccn12. The van der Waals surface area contributed by atoms with E-state index < -0.39 is 5.97 Å². The number of carboxylic acids is 1. The number of carbonyl (C=O) groups excluding carboxylic acids is 1. The van der Waals surface area contributed by atoms with Crippen molar-refractivity contribution in [2.75, 3.05) is 6.54 Å². The number of imidazole rings is 1. The van der Waals surface area contributed by atoms with Gasteiger partial charge in [0, 0.05) is 12.7 Å². The standard InChI is InChI=1S/C12H13N3O3/c1-8-11(12(18)13-6-5-10(16)17)14-9-4-2-3-7-15(8)9/h2-4,7H,5-6H2,1H3,(H,13,18)(H,16,17). The van der Waals surface area contributed by atoms with Crippen LogP contribution in [0.5, 0.6) is 0 Å². The summed E-state index contributed by atoms with van der Waals surface area (Å²) in [6, 6.07) is 5.50. The molecule has 94 valence electrons. The predicted molar refractivity (Wildman–Crippen MR) is 64.5 cm³/mol. The third-order valence-electron chi connectivity index (χ3n) is 2.61. The van der Waals surface area contributed by atoms with E-state index in [1.54, 1.807) is 13.0 Å². The van der Waals surface area contributed by atoms with Gasteiger partial charge in [-0.2, -0.15) is 0 Å². The van der Waals surface area contributed by atoms with E-state index in [1.165, 1.54) is 0 Å². The van der Waals surface area contributed by atoms with Gasteiger partial charge in [-0.1, -0.05) is 6.07 Å². The van der Waals surface area contributed by atoms with Gasteiger partial charge in [-0.25, -0.2) is 4.98 Å². The lowest BCUT2D eigenvalue weighted by atomic mass is 10.3. The highest BCUT2D eigenvalue weighted by Gasteiger charge is 2.15. The number of aromatic nitrogens is 2. The maximum Gasteiger partial charge on any atom is 0.305 e. The van der Waals surface area contributed by atoms with Crippen molar-refractivity contribution in [3.8, 4) is 0 Å². The average Bonchev–Trinajstić information content (AvgIpc) is 2.67. The van der Waals surface area contributed by atoms with Gasteiger partial charge in [0.05, 0.1) is 12.1 Å². The molecule has 0 saturated heterocycles. The second kappa shape index (κ2) is 4.87. The van der Waals surface area contributed by atoms with Crippen LogP contribution in [-0.2, 0) is 4.79 Å². The van der Waals surface area contributed by atoms with Crippen molar-refractivity contribution in [2.24, 2.45) is 0 Å². The van der Waals surface area contributed by atoms with Crippen molar-refractivity contribution in [1.82, 2.24) is 14.7 Å². The first-order chi connectivity index (χ1) is 8.59. The summed E-state index contributed by atoms with van der Waals surface area (Å²) in [7, 11) is 0. The lowest BCUT2D eigenvalue weighted by Gasteiger charge is -2.01. The molecule has 0 atom stereocenters. The van der Waals surface area contributed by atoms with E-state index >= 15 is 0 Å². The van der Waals surface area contributed by atoms with E-state index in [0.717, 1.165) is 5.69 Å². The molecule has 6 heteroatoms. The zero-order chi connectivity index (χ0) is 13.1. The molecule has 2 N–H and O–H groups in total. The van der Waals surface area contributed by atoms with Crippen molar-refractivity contribution in [3.05, 3.63) is 35.8 Å². The number of aliphatic carboxylic acids is 1. The van der Waals surface area contributed by atoms with Crippen LogP contribution in [0.3, 0.4) is 0 Å². The van der Waals surface area contributed by atoms with Gasteiger partial charge in [0.2, 0.25) is 0 Å². The zero-order valence-corrected chi connectivity index (χ0v) is 9.88. The molecule has 0 unspecified atom stereocenters. The normalized spacial score (nSPS) is 10.5. The lowest BCUT2D eigenvalue weighted by Crippen LogP contribution is -2.26. The van der Waals surface area contributed by atoms with E-state index in [2.05, 4.69) is 10.3 Å². The highest BCUT2D eigenvalue weighted by molar-refractivity contribution is 5.94. The predicted octanol–water partition coefficient (Wildman–Crippen LogP) is 0.847. The minimum Gasteiger partial charge on any atom is -0.481 e. The van der Waals surface area contributed by atoms with Crippen LogP contribution >= 0.6 is 0 Å². The topological polar surface area (TPSA) is 83.7 Å². The number of pyridine rings is 1. The summed E-state index contributed by atoms with van der Waals surface area (Å²) in [5, 5.41) is 11.0. The van der Waals surface area contributed by atoms with Gasteiger partial charge in [0.1, 0.15) is 11.3 Å². The minimum atomic E-state index is -0.943. The first-order valence-electron chi connectivity index (χ1n) is 5.53. The van der Waals surface area contributed by atoms with Gasteiger partial charge in [0.15, 0.2) is 0 Å². The number of carboxylic acid groups (broad SMARTS) is 1. The summed E-state index contributed by atoms with van der Waals surface area (Å²) in [6.45, 7) is 1.90. The number of rotatable bonds is 4. The Morgan fingerprint density at radius 1 is 1.44 bits per heavy atom. The summed E-state index contributed by atoms with van der Waals surface area (Å²) in [4.78, 5) is 26.4. The summed E-state index contributed by atoms with van der Waals surface area (Å²) in [5.74, 6) is -1.29. The molecule has 0 aliphatic rings. The fourth-order valence-electron chi connectivity index (χ4n) is 1.70. The number of nitrogens with one attached hydrogen (secondary N) is 1. The number of fused-ring (bicyclic) bond motifs is 1. The molecule has 2 heterocycles. The Morgan fingerprint density at radius 2 is 2.22 bits per heavy atom. The molecule has 2 aromatic rings. The fraction of sp³-hybridized carbons (Fsp3) is 0.250. The van der Waals surface area contributed by atoms with Gasteiger partial charge in [-0.15, -0.1) is 0 Å². The number of nitrogens with zero attached hydrogens (tertiary/aromatic N) is 2. The summed E-state index contributed by atoms with van der Waals surface area (Å²) >= 11 is 0. The molecule has 0 aliphatic carbocycles. The van der Waals surface area contributed by atoms with E-state index in [-0.39, 0.29) is 18.9 Å². The molecule has 1 amide bonds. The maximum absolute atomic E-state index is 11.8. The number of carbonyl (C=O) groups is 2. The van der Waals surface area contributed by atoms with Crippen molar-refractivity contribution in [2.45, 2.75) is 13.3 Å². The molecular weight excluding hydrogens is 234 g/mol. The molecule has 2 aromatic heterocycles. The smallest absolute Gasteiger partial charge is 0.305 e. The van der Waals surface area contributed by atoms with Gasteiger partial charge in [-0.3, -0.25) is 9.59 Å². The highest BCUT2D eigenvalue weighted by atomic mass is 16.4. The lowest BCUT2D eigenvalue weighted by molar-refractivity contribution is -0.136. The molecule has 0 fully saturated rings. The first kappa shape index (κ1) is 12.1. The minimum absolute atomic E-state index is 0.0987. The number of hydrogen-bond donors (Lipinski definition) is 2. The molecule has 2 rings (SSSR count). The monoisotopic (exact) mass is 247 g/mol. The van der Waals surface area contributed by atoms with Crippen LogP contribution in [0.25, 0.3) is 5.65 Å². The molecule has 18 heavy (non-hydrogen) atoms. The van der Waals surface area contributed by atoms with Gasteiger partial charge < -0.3 is 14.8 Å². The number of hydrogen-bond acceptors (Lipinski definition) is 3. The van der Waals surface area contributed by atoms with E-state index in [9.17, 15) is 9.59 Å². The van der Waals surface area contributed by atoms with Crippen LogP contribution in [0, 0.1) is 6.92 Å². The fourth-order valence-corrected chi connectivity index (χ4v) is 1.70. The average molecular weight is 247 g/mol. The molecule has 0 spiro atoms. The van der Waals surface area contributed by atoms with Gasteiger partial charge >= 0.3 is 5.97 Å². The van der Waals surface area contributed by atoms with Crippen LogP contribution in [0.4, 0.5) is 0 Å². The second-order valence-electron chi connectivity index (χ2n) is 3.87. The first-order valence-corrected chi connectivity index (χ1v) is 5.53. The summed E-state index contributed by atoms with van der Waals surface area (Å²) < 4.78 is 1.81. The molecular formula is C12H13N3O3. The van der Waals surface area contributed by atoms with Crippen LogP contribution in [0.1, 0.15) is 22.6 Å². The van der Waals surface area contributed by atoms with E-state index in [4.69, 9.17) is 5.11 Å². The highest BCUT2D eigenvalue weighted by Crippen LogP contribution is 2.11. The summed E-state index contributed by atoms with van der Waals surface area (Å²) in [5.41, 5.74) is 1.75. The molecule has 6 nitrogen and oxygen atoms in total. The Balaban J connectivity index is 2.17. The molecule has 0 radical (unpaired) electrons. The third-order valence-corrected chi connectivity index (χ3v) is 2.61. The Bertz CT molecular complexity index is 604. The van der Waals surface area contributed by atoms with Crippen LogP contribution in [0.2, 0.25) is 0 Å². The molecule has 0 saturated carbocycles.